The van der Waals surface area contributed by atoms with Crippen molar-refractivity contribution in [1.82, 2.24) is 0 Å². The zero-order valence-electron chi connectivity index (χ0n) is 34.5. The Balaban J connectivity index is 1.63. The van der Waals surface area contributed by atoms with E-state index in [1.165, 1.54) is 141 Å². The van der Waals surface area contributed by atoms with E-state index in [0.29, 0.717) is 23.0 Å². The van der Waals surface area contributed by atoms with E-state index in [-0.39, 0.29) is 11.8 Å². The van der Waals surface area contributed by atoms with Gasteiger partial charge < -0.3 is 9.80 Å². The van der Waals surface area contributed by atoms with Crippen LogP contribution in [0.1, 0.15) is 193 Å². The lowest BCUT2D eigenvalue weighted by molar-refractivity contribution is -0.114. The maximum atomic E-state index is 14.9. The van der Waals surface area contributed by atoms with Crippen LogP contribution in [0.3, 0.4) is 0 Å². The van der Waals surface area contributed by atoms with Gasteiger partial charge in [0.1, 0.15) is 0 Å². The largest absolute Gasteiger partial charge is 0.307 e. The summed E-state index contributed by atoms with van der Waals surface area (Å²) in [5.41, 5.74) is 5.09. The first-order valence-electron chi connectivity index (χ1n) is 22.3. The van der Waals surface area contributed by atoms with Gasteiger partial charge >= 0.3 is 0 Å². The molecule has 2 aromatic carbocycles. The van der Waals surface area contributed by atoms with Gasteiger partial charge in [0.2, 0.25) is 0 Å². The summed E-state index contributed by atoms with van der Waals surface area (Å²) in [6.45, 7) is 10.6. The Morgan fingerprint density at radius 3 is 1.07 bits per heavy atom. The predicted octanol–water partition coefficient (Wildman–Crippen LogP) is 15.2. The summed E-state index contributed by atoms with van der Waals surface area (Å²) in [6, 6.07) is 12.8. The van der Waals surface area contributed by atoms with Gasteiger partial charge in [-0.15, -0.1) is 0 Å². The molecule has 4 rings (SSSR count). The number of carbonyl (C=O) groups excluding carboxylic acids is 2. The number of hydrogen-bond donors (Lipinski definition) is 0. The maximum absolute atomic E-state index is 14.9. The Labute approximate surface area is 357 Å². The summed E-state index contributed by atoms with van der Waals surface area (Å²) in [6.07, 6.45) is 30.2. The summed E-state index contributed by atoms with van der Waals surface area (Å²) >= 11 is 4.76. The van der Waals surface area contributed by atoms with E-state index < -0.39 is 0 Å². The molecule has 0 saturated heterocycles. The molecule has 4 nitrogen and oxygen atoms in total. The van der Waals surface area contributed by atoms with Gasteiger partial charge in [0.25, 0.3) is 11.8 Å². The number of benzene rings is 2. The fraction of sp³-hybridized carbons (Fsp3) is 0.667. The van der Waals surface area contributed by atoms with Crippen molar-refractivity contribution in [3.63, 3.8) is 0 Å². The summed E-state index contributed by atoms with van der Waals surface area (Å²) in [7, 11) is 0. The Bertz CT molecular complexity index is 1380. The van der Waals surface area contributed by atoms with Crippen LogP contribution in [-0.2, 0) is 9.59 Å². The average Bonchev–Trinajstić information content (AvgIpc) is 3.57. The zero-order chi connectivity index (χ0) is 38.7. The van der Waals surface area contributed by atoms with Crippen LogP contribution >= 0.6 is 45.2 Å². The van der Waals surface area contributed by atoms with Crippen LogP contribution in [0.5, 0.6) is 0 Å². The van der Waals surface area contributed by atoms with Crippen molar-refractivity contribution in [2.75, 3.05) is 22.9 Å². The smallest absolute Gasteiger partial charge is 0.259 e. The molecule has 2 aromatic rings. The van der Waals surface area contributed by atoms with Crippen LogP contribution in [0.15, 0.2) is 36.4 Å². The number of carbonyl (C=O) groups is 2. The lowest BCUT2D eigenvalue weighted by atomic mass is 9.93. The minimum Gasteiger partial charge on any atom is -0.307 e. The van der Waals surface area contributed by atoms with E-state index in [9.17, 15) is 9.59 Å². The molecule has 0 bridgehead atoms. The quantitative estimate of drug-likeness (QED) is 0.0484. The number of hydrogen-bond acceptors (Lipinski definition) is 2. The van der Waals surface area contributed by atoms with Crippen molar-refractivity contribution in [2.45, 2.75) is 182 Å². The second-order valence-electron chi connectivity index (χ2n) is 16.4. The predicted molar refractivity (Wildman–Crippen MR) is 250 cm³/mol. The molecule has 300 valence electrons. The first-order chi connectivity index (χ1) is 26.3. The van der Waals surface area contributed by atoms with Crippen LogP contribution in [0, 0.1) is 19.0 Å². The highest BCUT2D eigenvalue weighted by Crippen LogP contribution is 2.48. The molecule has 2 amide bonds. The van der Waals surface area contributed by atoms with Gasteiger partial charge in [-0.3, -0.25) is 9.59 Å². The third-order valence-electron chi connectivity index (χ3n) is 12.0. The maximum Gasteiger partial charge on any atom is 0.259 e. The highest BCUT2D eigenvalue weighted by molar-refractivity contribution is 14.1. The highest BCUT2D eigenvalue weighted by Gasteiger charge is 2.43. The number of nitrogens with zero attached hydrogens (tertiary/aromatic N) is 2. The molecule has 2 atom stereocenters. The topological polar surface area (TPSA) is 40.6 Å². The molecule has 0 saturated carbocycles. The van der Waals surface area contributed by atoms with Crippen LogP contribution in [0.4, 0.5) is 11.4 Å². The summed E-state index contributed by atoms with van der Waals surface area (Å²) in [4.78, 5) is 34.0. The van der Waals surface area contributed by atoms with Crippen LogP contribution in [0.25, 0.3) is 11.1 Å². The number of anilines is 2. The standard InChI is InChI=1S/C48H72I2N2O2/c1-5-9-13-17-19-23-27-37(25-21-15-11-7-3)35-51-43-33-39(49)29-31-41(43)45(47(51)53)46-42-32-30-40(50)34-44(42)52(48(46)54)36-38(26-22-16-12-8-4)28-24-20-18-14-10-6-2/h29-34,37-38H,5-28,35-36H2,1-4H3/b46-45+. The number of unbranched alkanes of at least 4 members (excludes halogenated alkanes) is 16. The van der Waals surface area contributed by atoms with Gasteiger partial charge in [-0.1, -0.05) is 168 Å². The molecule has 2 unspecified atom stereocenters. The fourth-order valence-electron chi connectivity index (χ4n) is 8.76. The van der Waals surface area contributed by atoms with Gasteiger partial charge in [-0.25, -0.2) is 0 Å². The molecule has 2 heterocycles. The monoisotopic (exact) mass is 962 g/mol. The molecular weight excluding hydrogens is 890 g/mol. The molecule has 2 aliphatic rings. The van der Waals surface area contributed by atoms with E-state index >= 15 is 0 Å². The van der Waals surface area contributed by atoms with Gasteiger partial charge in [0, 0.05) is 31.4 Å². The van der Waals surface area contributed by atoms with Crippen molar-refractivity contribution >= 4 is 79.5 Å². The second kappa shape index (κ2) is 25.0. The van der Waals surface area contributed by atoms with Gasteiger partial charge in [-0.2, -0.15) is 0 Å². The van der Waals surface area contributed by atoms with Crippen molar-refractivity contribution in [3.05, 3.63) is 54.7 Å². The van der Waals surface area contributed by atoms with E-state index in [0.717, 1.165) is 55.6 Å². The van der Waals surface area contributed by atoms with Crippen molar-refractivity contribution in [3.8, 4) is 0 Å². The third kappa shape index (κ3) is 13.3. The van der Waals surface area contributed by atoms with Gasteiger partial charge in [-0.05, 0) is 107 Å². The van der Waals surface area contributed by atoms with Crippen LogP contribution in [0.2, 0.25) is 0 Å². The molecule has 0 N–H and O–H groups in total. The molecule has 2 aliphatic heterocycles. The molecule has 0 aliphatic carbocycles. The van der Waals surface area contributed by atoms with E-state index in [1.807, 2.05) is 0 Å². The normalized spacial score (nSPS) is 16.4. The third-order valence-corrected chi connectivity index (χ3v) is 13.3. The highest BCUT2D eigenvalue weighted by atomic mass is 127. The van der Waals surface area contributed by atoms with E-state index in [4.69, 9.17) is 0 Å². The fourth-order valence-corrected chi connectivity index (χ4v) is 9.71. The molecule has 0 aromatic heterocycles. The van der Waals surface area contributed by atoms with Crippen molar-refractivity contribution < 1.29 is 9.59 Å². The lowest BCUT2D eigenvalue weighted by Gasteiger charge is -2.25. The second-order valence-corrected chi connectivity index (χ2v) is 18.9. The number of halogens is 2. The van der Waals surface area contributed by atoms with E-state index in [1.54, 1.807) is 0 Å². The molecule has 54 heavy (non-hydrogen) atoms. The lowest BCUT2D eigenvalue weighted by Crippen LogP contribution is -2.34. The number of fused-ring (bicyclic) bond motifs is 2. The van der Waals surface area contributed by atoms with Crippen molar-refractivity contribution in [1.29, 1.82) is 0 Å². The summed E-state index contributed by atoms with van der Waals surface area (Å²) < 4.78 is 2.25. The minimum atomic E-state index is 0.0198. The molecular formula is C48H72I2N2O2. The Hall–Kier alpha value is -1.42. The zero-order valence-corrected chi connectivity index (χ0v) is 38.8. The Kier molecular flexibility index (Phi) is 21.0. The summed E-state index contributed by atoms with van der Waals surface area (Å²) in [5.74, 6) is 0.969. The first kappa shape index (κ1) is 45.3. The van der Waals surface area contributed by atoms with E-state index in [2.05, 4.69) is 119 Å². The molecule has 0 spiro atoms. The van der Waals surface area contributed by atoms with Gasteiger partial charge in [0.05, 0.1) is 22.5 Å². The molecule has 0 fully saturated rings. The number of rotatable bonds is 28. The minimum absolute atomic E-state index is 0.0198. The van der Waals surface area contributed by atoms with Crippen LogP contribution in [-0.4, -0.2) is 24.9 Å². The van der Waals surface area contributed by atoms with Crippen LogP contribution < -0.4 is 9.80 Å². The average molecular weight is 963 g/mol. The first-order valence-corrected chi connectivity index (χ1v) is 24.5. The molecule has 0 radical (unpaired) electrons. The SMILES string of the molecule is CCCCCCCCC(CCCCCC)CN1C(=O)/C(=C2/C(=O)N(CC(CCCCCC)CCCCCCCC)c3cc(I)ccc32)c2ccc(I)cc21. The Morgan fingerprint density at radius 1 is 0.444 bits per heavy atom. The Morgan fingerprint density at radius 2 is 0.741 bits per heavy atom. The summed E-state index contributed by atoms with van der Waals surface area (Å²) in [5, 5.41) is 0. The van der Waals surface area contributed by atoms with Gasteiger partial charge in [0.15, 0.2) is 0 Å². The number of amides is 2. The van der Waals surface area contributed by atoms with Crippen molar-refractivity contribution in [2.24, 2.45) is 11.8 Å². The molecule has 6 heteroatoms.